The van der Waals surface area contributed by atoms with Crippen molar-refractivity contribution in [3.05, 3.63) is 44.8 Å². The van der Waals surface area contributed by atoms with Gasteiger partial charge in [0, 0.05) is 15.8 Å². The predicted molar refractivity (Wildman–Crippen MR) is 103 cm³/mol. The Balaban J connectivity index is 1.61. The highest BCUT2D eigenvalue weighted by Crippen LogP contribution is 2.25. The number of ether oxygens (including phenoxy) is 1. The molecule has 0 spiro atoms. The summed E-state index contributed by atoms with van der Waals surface area (Å²) in [5, 5.41) is 6.37. The predicted octanol–water partition coefficient (Wildman–Crippen LogP) is 2.20. The second-order valence-corrected chi connectivity index (χ2v) is 9.95. The van der Waals surface area contributed by atoms with Gasteiger partial charge >= 0.3 is 5.97 Å². The molecule has 3 rings (SSSR count). The highest BCUT2D eigenvalue weighted by Gasteiger charge is 2.29. The molecule has 1 saturated heterocycles. The summed E-state index contributed by atoms with van der Waals surface area (Å²) < 4.78 is 28.0. The van der Waals surface area contributed by atoms with Gasteiger partial charge in [-0.15, -0.1) is 22.7 Å². The van der Waals surface area contributed by atoms with Crippen molar-refractivity contribution in [2.24, 2.45) is 0 Å². The van der Waals surface area contributed by atoms with Crippen LogP contribution in [0.3, 0.4) is 0 Å². The average molecular weight is 412 g/mol. The maximum absolute atomic E-state index is 12.5. The molecule has 0 aromatic carbocycles. The van der Waals surface area contributed by atoms with Crippen LogP contribution >= 0.6 is 22.7 Å². The van der Waals surface area contributed by atoms with Crippen molar-refractivity contribution in [1.29, 1.82) is 0 Å². The summed E-state index contributed by atoms with van der Waals surface area (Å²) in [6, 6.07) is 7.01. The van der Waals surface area contributed by atoms with Crippen molar-refractivity contribution in [2.75, 3.05) is 18.1 Å². The third-order valence-corrected chi connectivity index (χ3v) is 7.26. The van der Waals surface area contributed by atoms with E-state index in [0.717, 1.165) is 9.75 Å². The Labute approximate surface area is 159 Å². The molecule has 0 unspecified atom stereocenters. The number of hydrogen-bond acceptors (Lipinski definition) is 7. The van der Waals surface area contributed by atoms with E-state index in [0.29, 0.717) is 12.0 Å². The van der Waals surface area contributed by atoms with Gasteiger partial charge in [0.1, 0.15) is 0 Å². The third-order valence-electron chi connectivity index (χ3n) is 3.77. The number of hydrogen-bond donors (Lipinski definition) is 1. The summed E-state index contributed by atoms with van der Waals surface area (Å²) in [4.78, 5) is 26.1. The molecule has 0 saturated carbocycles. The van der Waals surface area contributed by atoms with Gasteiger partial charge in [0.15, 0.2) is 16.4 Å². The fourth-order valence-corrected chi connectivity index (χ4v) is 5.63. The average Bonchev–Trinajstić information content (AvgIpc) is 3.32. The van der Waals surface area contributed by atoms with Gasteiger partial charge in [-0.05, 0) is 35.4 Å². The Kier molecular flexibility index (Phi) is 5.90. The van der Waals surface area contributed by atoms with Gasteiger partial charge in [0.05, 0.1) is 17.1 Å². The van der Waals surface area contributed by atoms with Crippen LogP contribution in [0, 0.1) is 0 Å². The Morgan fingerprint density at radius 1 is 1.23 bits per heavy atom. The lowest BCUT2D eigenvalue weighted by Gasteiger charge is -2.11. The van der Waals surface area contributed by atoms with Gasteiger partial charge in [-0.2, -0.15) is 0 Å². The molecule has 0 bridgehead atoms. The standard InChI is InChI=1S/C17H17NO5S3/c19-16(18-12-5-8-26(21,22)11-12)10-23-17(20)14(15-4-2-7-25-15)9-13-3-1-6-24-13/h1-4,6-7,9,12H,5,8,10-11H2,(H,18,19)/b14-9+/t12-/m1/s1. The molecule has 2 aromatic rings. The largest absolute Gasteiger partial charge is 0.452 e. The van der Waals surface area contributed by atoms with Crippen LogP contribution in [0.2, 0.25) is 0 Å². The van der Waals surface area contributed by atoms with Crippen molar-refractivity contribution in [2.45, 2.75) is 12.5 Å². The number of nitrogens with one attached hydrogen (secondary N) is 1. The number of rotatable bonds is 6. The van der Waals surface area contributed by atoms with Gasteiger partial charge in [0.2, 0.25) is 0 Å². The van der Waals surface area contributed by atoms with E-state index < -0.39 is 34.4 Å². The van der Waals surface area contributed by atoms with Crippen molar-refractivity contribution in [1.82, 2.24) is 5.32 Å². The van der Waals surface area contributed by atoms with E-state index in [1.165, 1.54) is 22.7 Å². The number of sulfone groups is 1. The first-order chi connectivity index (χ1) is 12.4. The quantitative estimate of drug-likeness (QED) is 0.581. The monoisotopic (exact) mass is 411 g/mol. The minimum Gasteiger partial charge on any atom is -0.452 e. The van der Waals surface area contributed by atoms with Gasteiger partial charge in [-0.25, -0.2) is 13.2 Å². The summed E-state index contributed by atoms with van der Waals surface area (Å²) in [7, 11) is -3.07. The fourth-order valence-electron chi connectivity index (χ4n) is 2.57. The molecule has 1 aliphatic heterocycles. The zero-order valence-electron chi connectivity index (χ0n) is 13.7. The highest BCUT2D eigenvalue weighted by atomic mass is 32.2. The van der Waals surface area contributed by atoms with Crippen molar-refractivity contribution in [3.63, 3.8) is 0 Å². The van der Waals surface area contributed by atoms with E-state index in [1.807, 2.05) is 35.0 Å². The van der Waals surface area contributed by atoms with Gasteiger partial charge in [0.25, 0.3) is 5.91 Å². The number of amides is 1. The van der Waals surface area contributed by atoms with E-state index in [-0.39, 0.29) is 11.5 Å². The second kappa shape index (κ2) is 8.15. The lowest BCUT2D eigenvalue weighted by atomic mass is 10.2. The Hall–Kier alpha value is -1.97. The molecule has 1 aliphatic rings. The zero-order valence-corrected chi connectivity index (χ0v) is 16.2. The lowest BCUT2D eigenvalue weighted by Crippen LogP contribution is -2.38. The van der Waals surface area contributed by atoms with Crippen LogP contribution in [0.5, 0.6) is 0 Å². The molecular formula is C17H17NO5S3. The molecule has 2 aromatic heterocycles. The van der Waals surface area contributed by atoms with Crippen molar-refractivity contribution < 1.29 is 22.7 Å². The highest BCUT2D eigenvalue weighted by molar-refractivity contribution is 7.91. The SMILES string of the molecule is O=C(COC(=O)/C(=C/c1cccs1)c1cccs1)N[C@@H]1CCS(=O)(=O)C1. The second-order valence-electron chi connectivity index (χ2n) is 5.79. The van der Waals surface area contributed by atoms with Gasteiger partial charge in [-0.3, -0.25) is 4.79 Å². The van der Waals surface area contributed by atoms with E-state index in [9.17, 15) is 18.0 Å². The number of esters is 1. The Morgan fingerprint density at radius 2 is 2.00 bits per heavy atom. The van der Waals surface area contributed by atoms with Crippen LogP contribution in [-0.2, 0) is 24.2 Å². The van der Waals surface area contributed by atoms with Crippen LogP contribution in [0.15, 0.2) is 35.0 Å². The number of carbonyl (C=O) groups excluding carboxylic acids is 2. The Morgan fingerprint density at radius 3 is 2.62 bits per heavy atom. The van der Waals surface area contributed by atoms with Crippen LogP contribution in [0.25, 0.3) is 11.6 Å². The van der Waals surface area contributed by atoms with Crippen LogP contribution in [-0.4, -0.2) is 44.4 Å². The molecule has 0 aliphatic carbocycles. The summed E-state index contributed by atoms with van der Waals surface area (Å²) in [6.07, 6.45) is 2.13. The summed E-state index contributed by atoms with van der Waals surface area (Å²) >= 11 is 2.91. The lowest BCUT2D eigenvalue weighted by molar-refractivity contribution is -0.143. The molecule has 1 atom stereocenters. The summed E-state index contributed by atoms with van der Waals surface area (Å²) in [5.74, 6) is -1.08. The molecule has 9 heteroatoms. The van der Waals surface area contributed by atoms with E-state index in [1.54, 1.807) is 6.08 Å². The van der Waals surface area contributed by atoms with Gasteiger partial charge < -0.3 is 10.1 Å². The van der Waals surface area contributed by atoms with Crippen LogP contribution in [0.4, 0.5) is 0 Å². The maximum atomic E-state index is 12.5. The first kappa shape index (κ1) is 18.8. The fraction of sp³-hybridized carbons (Fsp3) is 0.294. The van der Waals surface area contributed by atoms with Crippen molar-refractivity contribution >= 4 is 56.0 Å². The zero-order chi connectivity index (χ0) is 18.6. The Bertz CT molecular complexity index is 898. The molecule has 1 amide bonds. The third kappa shape index (κ3) is 5.03. The molecule has 0 radical (unpaired) electrons. The van der Waals surface area contributed by atoms with Crippen LogP contribution < -0.4 is 5.32 Å². The van der Waals surface area contributed by atoms with Gasteiger partial charge in [-0.1, -0.05) is 12.1 Å². The normalized spacial score (nSPS) is 19.2. The van der Waals surface area contributed by atoms with Crippen molar-refractivity contribution in [3.8, 4) is 0 Å². The molecule has 138 valence electrons. The number of carbonyl (C=O) groups is 2. The van der Waals surface area contributed by atoms with Crippen LogP contribution in [0.1, 0.15) is 16.2 Å². The molecule has 26 heavy (non-hydrogen) atoms. The first-order valence-electron chi connectivity index (χ1n) is 7.89. The number of thiophene rings is 2. The smallest absolute Gasteiger partial charge is 0.340 e. The molecule has 1 fully saturated rings. The molecule has 1 N–H and O–H groups in total. The minimum atomic E-state index is -3.07. The topological polar surface area (TPSA) is 89.5 Å². The van der Waals surface area contributed by atoms with E-state index >= 15 is 0 Å². The maximum Gasteiger partial charge on any atom is 0.340 e. The molecular weight excluding hydrogens is 394 g/mol. The minimum absolute atomic E-state index is 0.0641. The summed E-state index contributed by atoms with van der Waals surface area (Å²) in [5.41, 5.74) is 0.388. The first-order valence-corrected chi connectivity index (χ1v) is 11.5. The molecule has 6 nitrogen and oxygen atoms in total. The molecule has 3 heterocycles. The van der Waals surface area contributed by atoms with E-state index in [4.69, 9.17) is 4.74 Å². The van der Waals surface area contributed by atoms with E-state index in [2.05, 4.69) is 5.32 Å². The summed E-state index contributed by atoms with van der Waals surface area (Å²) in [6.45, 7) is -0.442.